The van der Waals surface area contributed by atoms with Crippen molar-refractivity contribution in [3.05, 3.63) is 11.6 Å². The van der Waals surface area contributed by atoms with Crippen LogP contribution in [-0.2, 0) is 14.4 Å². The molecule has 0 aromatic rings. The van der Waals surface area contributed by atoms with Crippen LogP contribution in [0.1, 0.15) is 27.2 Å². The summed E-state index contributed by atoms with van der Waals surface area (Å²) < 4.78 is 0. The number of hydrogen-bond donors (Lipinski definition) is 1. The predicted octanol–water partition coefficient (Wildman–Crippen LogP) is 0.617. The van der Waals surface area contributed by atoms with Gasteiger partial charge >= 0.3 is 0 Å². The van der Waals surface area contributed by atoms with Gasteiger partial charge in [-0.25, -0.2) is 0 Å². The number of allylic oxidation sites excluding steroid dienone is 1. The van der Waals surface area contributed by atoms with Crippen molar-refractivity contribution in [1.29, 1.82) is 0 Å². The monoisotopic (exact) mass is 197 g/mol. The lowest BCUT2D eigenvalue weighted by Gasteiger charge is -2.01. The van der Waals surface area contributed by atoms with Crippen molar-refractivity contribution in [2.24, 2.45) is 0 Å². The summed E-state index contributed by atoms with van der Waals surface area (Å²) in [6.45, 7) is 4.49. The van der Waals surface area contributed by atoms with E-state index in [1.54, 1.807) is 13.0 Å². The first-order valence-corrected chi connectivity index (χ1v) is 4.37. The maximum Gasteiger partial charge on any atom is 0.246 e. The van der Waals surface area contributed by atoms with E-state index in [2.05, 4.69) is 5.32 Å². The van der Waals surface area contributed by atoms with Gasteiger partial charge in [-0.2, -0.15) is 0 Å². The lowest BCUT2D eigenvalue weighted by Crippen LogP contribution is -2.28. The van der Waals surface area contributed by atoms with E-state index in [0.29, 0.717) is 5.57 Å². The third kappa shape index (κ3) is 6.11. The summed E-state index contributed by atoms with van der Waals surface area (Å²) in [7, 11) is 0. The Morgan fingerprint density at radius 2 is 1.64 bits per heavy atom. The number of amides is 1. The second kappa shape index (κ2) is 6.07. The molecule has 0 aliphatic carbocycles. The number of hydrogen-bond acceptors (Lipinski definition) is 3. The molecule has 0 aromatic carbocycles. The minimum atomic E-state index is -0.304. The van der Waals surface area contributed by atoms with Gasteiger partial charge in [-0.3, -0.25) is 14.4 Å². The molecule has 1 N–H and O–H groups in total. The lowest BCUT2D eigenvalue weighted by molar-refractivity contribution is -0.122. The van der Waals surface area contributed by atoms with Gasteiger partial charge in [0, 0.05) is 12.0 Å². The highest BCUT2D eigenvalue weighted by Gasteiger charge is 2.04. The molecule has 78 valence electrons. The Hall–Kier alpha value is -1.45. The minimum absolute atomic E-state index is 0.00344. The maximum absolute atomic E-state index is 11.2. The molecule has 0 aromatic heterocycles. The standard InChI is InChI=1S/C10H15NO3/c1-7(4-5-8(2)12)10(14)11-6-9(3)13/h4H,5-6H2,1-3H3,(H,11,14)/b7-4+. The molecule has 0 aliphatic heterocycles. The van der Waals surface area contributed by atoms with Crippen LogP contribution in [0.25, 0.3) is 0 Å². The van der Waals surface area contributed by atoms with E-state index in [0.717, 1.165) is 0 Å². The van der Waals surface area contributed by atoms with Crippen LogP contribution in [0, 0.1) is 0 Å². The van der Waals surface area contributed by atoms with E-state index in [1.165, 1.54) is 13.8 Å². The first kappa shape index (κ1) is 12.6. The van der Waals surface area contributed by atoms with Crippen LogP contribution in [0.3, 0.4) is 0 Å². The van der Waals surface area contributed by atoms with Crippen molar-refractivity contribution in [3.8, 4) is 0 Å². The number of Topliss-reactive ketones (excluding diaryl/α,β-unsaturated/α-hetero) is 2. The van der Waals surface area contributed by atoms with Gasteiger partial charge in [-0.05, 0) is 20.8 Å². The first-order valence-electron chi connectivity index (χ1n) is 4.37. The second-order valence-electron chi connectivity index (χ2n) is 3.18. The highest BCUT2D eigenvalue weighted by atomic mass is 16.2. The van der Waals surface area contributed by atoms with E-state index in [9.17, 15) is 14.4 Å². The van der Waals surface area contributed by atoms with Crippen LogP contribution in [0.2, 0.25) is 0 Å². The number of carbonyl (C=O) groups is 3. The van der Waals surface area contributed by atoms with Crippen LogP contribution in [-0.4, -0.2) is 24.0 Å². The van der Waals surface area contributed by atoms with Crippen molar-refractivity contribution in [2.45, 2.75) is 27.2 Å². The third-order valence-corrected chi connectivity index (χ3v) is 1.55. The highest BCUT2D eigenvalue weighted by Crippen LogP contribution is 1.95. The quantitative estimate of drug-likeness (QED) is 0.657. The summed E-state index contributed by atoms with van der Waals surface area (Å²) in [6, 6.07) is 0. The van der Waals surface area contributed by atoms with Crippen molar-refractivity contribution in [2.75, 3.05) is 6.54 Å². The Kier molecular flexibility index (Phi) is 5.44. The van der Waals surface area contributed by atoms with E-state index < -0.39 is 0 Å². The van der Waals surface area contributed by atoms with E-state index >= 15 is 0 Å². The lowest BCUT2D eigenvalue weighted by atomic mass is 10.2. The van der Waals surface area contributed by atoms with Crippen LogP contribution in [0.5, 0.6) is 0 Å². The zero-order valence-corrected chi connectivity index (χ0v) is 8.72. The molecule has 0 spiro atoms. The average Bonchev–Trinajstić information content (AvgIpc) is 2.09. The van der Waals surface area contributed by atoms with Gasteiger partial charge in [0.2, 0.25) is 5.91 Å². The fourth-order valence-electron chi connectivity index (χ4n) is 0.734. The molecule has 0 rings (SSSR count). The molecule has 1 amide bonds. The SMILES string of the molecule is CC(=O)C/C=C(\C)C(=O)NCC(C)=O. The van der Waals surface area contributed by atoms with Gasteiger partial charge in [0.05, 0.1) is 6.54 Å². The van der Waals surface area contributed by atoms with Gasteiger partial charge in [-0.15, -0.1) is 0 Å². The minimum Gasteiger partial charge on any atom is -0.345 e. The summed E-state index contributed by atoms with van der Waals surface area (Å²) in [5.74, 6) is -0.400. The Bertz CT molecular complexity index is 279. The second-order valence-corrected chi connectivity index (χ2v) is 3.18. The van der Waals surface area contributed by atoms with Crippen LogP contribution in [0.15, 0.2) is 11.6 Å². The Labute approximate surface area is 83.4 Å². The van der Waals surface area contributed by atoms with Crippen molar-refractivity contribution >= 4 is 17.5 Å². The molecule has 0 heterocycles. The molecular weight excluding hydrogens is 182 g/mol. The van der Waals surface area contributed by atoms with Gasteiger partial charge < -0.3 is 5.32 Å². The fourth-order valence-corrected chi connectivity index (χ4v) is 0.734. The van der Waals surface area contributed by atoms with Gasteiger partial charge in [0.25, 0.3) is 0 Å². The fraction of sp³-hybridized carbons (Fsp3) is 0.500. The van der Waals surface area contributed by atoms with E-state index in [-0.39, 0.29) is 30.4 Å². The number of carbonyl (C=O) groups excluding carboxylic acids is 3. The topological polar surface area (TPSA) is 63.2 Å². The third-order valence-electron chi connectivity index (χ3n) is 1.55. The molecule has 0 atom stereocenters. The molecule has 4 nitrogen and oxygen atoms in total. The molecule has 0 aliphatic rings. The number of ketones is 2. The Morgan fingerprint density at radius 1 is 1.07 bits per heavy atom. The highest BCUT2D eigenvalue weighted by molar-refractivity contribution is 5.95. The summed E-state index contributed by atoms with van der Waals surface area (Å²) in [6.07, 6.45) is 1.80. The largest absolute Gasteiger partial charge is 0.345 e. The van der Waals surface area contributed by atoms with E-state index in [1.807, 2.05) is 0 Å². The van der Waals surface area contributed by atoms with Crippen LogP contribution >= 0.6 is 0 Å². The number of rotatable bonds is 5. The normalized spacial score (nSPS) is 10.9. The molecule has 0 fully saturated rings. The summed E-state index contributed by atoms with van der Waals surface area (Å²) >= 11 is 0. The predicted molar refractivity (Wildman–Crippen MR) is 52.7 cm³/mol. The van der Waals surface area contributed by atoms with Crippen LogP contribution in [0.4, 0.5) is 0 Å². The zero-order chi connectivity index (χ0) is 11.1. The molecule has 0 bridgehead atoms. The van der Waals surface area contributed by atoms with Gasteiger partial charge in [0.15, 0.2) is 0 Å². The van der Waals surface area contributed by atoms with Crippen molar-refractivity contribution < 1.29 is 14.4 Å². The summed E-state index contributed by atoms with van der Waals surface area (Å²) in [5.41, 5.74) is 0.460. The molecule has 14 heavy (non-hydrogen) atoms. The maximum atomic E-state index is 11.2. The van der Waals surface area contributed by atoms with Crippen molar-refractivity contribution in [3.63, 3.8) is 0 Å². The molecule has 0 unspecified atom stereocenters. The first-order chi connectivity index (χ1) is 6.43. The van der Waals surface area contributed by atoms with Crippen LogP contribution < -0.4 is 5.32 Å². The Balaban J connectivity index is 4.04. The van der Waals surface area contributed by atoms with E-state index in [4.69, 9.17) is 0 Å². The number of nitrogens with one attached hydrogen (secondary N) is 1. The molecule has 0 radical (unpaired) electrons. The molecule has 0 saturated heterocycles. The molecule has 0 saturated carbocycles. The average molecular weight is 197 g/mol. The summed E-state index contributed by atoms with van der Waals surface area (Å²) in [4.78, 5) is 32.4. The zero-order valence-electron chi connectivity index (χ0n) is 8.72. The molecule has 4 heteroatoms. The van der Waals surface area contributed by atoms with Gasteiger partial charge in [-0.1, -0.05) is 6.08 Å². The summed E-state index contributed by atoms with van der Waals surface area (Å²) in [5, 5.41) is 2.44. The smallest absolute Gasteiger partial charge is 0.246 e. The molecular formula is C10H15NO3. The van der Waals surface area contributed by atoms with Gasteiger partial charge in [0.1, 0.15) is 11.6 Å². The van der Waals surface area contributed by atoms with Crippen molar-refractivity contribution in [1.82, 2.24) is 5.32 Å². The Morgan fingerprint density at radius 3 is 2.07 bits per heavy atom.